The first-order valence-corrected chi connectivity index (χ1v) is 25.4. The lowest BCUT2D eigenvalue weighted by atomic mass is 10.0. The predicted molar refractivity (Wildman–Crippen MR) is 261 cm³/mol. The molecule has 0 saturated carbocycles. The van der Waals surface area contributed by atoms with Gasteiger partial charge >= 0.3 is 17.9 Å². The van der Waals surface area contributed by atoms with Crippen molar-refractivity contribution in [3.63, 3.8) is 0 Å². The molecule has 0 rings (SSSR count). The van der Waals surface area contributed by atoms with Crippen LogP contribution in [0, 0.1) is 0 Å². The molecule has 350 valence electrons. The summed E-state index contributed by atoms with van der Waals surface area (Å²) in [6, 6.07) is 0. The molecule has 0 aromatic rings. The molecule has 0 aliphatic carbocycles. The van der Waals surface area contributed by atoms with Crippen LogP contribution in [0.4, 0.5) is 0 Å². The molecule has 6 nitrogen and oxygen atoms in total. The first kappa shape index (κ1) is 57.9. The van der Waals surface area contributed by atoms with Crippen molar-refractivity contribution >= 4 is 17.9 Å². The van der Waals surface area contributed by atoms with Crippen LogP contribution in [0.5, 0.6) is 0 Å². The second-order valence-corrected chi connectivity index (χ2v) is 16.7. The zero-order chi connectivity index (χ0) is 44.4. The van der Waals surface area contributed by atoms with E-state index in [1.807, 2.05) is 6.08 Å². The first-order chi connectivity index (χ1) is 30.0. The van der Waals surface area contributed by atoms with E-state index in [9.17, 15) is 14.4 Å². The molecular weight excluding hydrogens is 757 g/mol. The number of carbonyl (C=O) groups is 3. The van der Waals surface area contributed by atoms with Crippen LogP contribution in [-0.4, -0.2) is 37.2 Å². The van der Waals surface area contributed by atoms with Crippen molar-refractivity contribution in [1.29, 1.82) is 0 Å². The Morgan fingerprint density at radius 2 is 0.639 bits per heavy atom. The Bertz CT molecular complexity index is 1160. The molecule has 61 heavy (non-hydrogen) atoms. The van der Waals surface area contributed by atoms with Gasteiger partial charge in [0.15, 0.2) is 6.10 Å². The van der Waals surface area contributed by atoms with Crippen molar-refractivity contribution in [2.24, 2.45) is 0 Å². The molecule has 1 unspecified atom stereocenters. The lowest BCUT2D eigenvalue weighted by molar-refractivity contribution is -0.166. The number of esters is 3. The van der Waals surface area contributed by atoms with Gasteiger partial charge in [-0.2, -0.15) is 0 Å². The Labute approximate surface area is 376 Å². The molecular formula is C55H94O6. The van der Waals surface area contributed by atoms with E-state index in [1.165, 1.54) is 116 Å². The number of hydrogen-bond donors (Lipinski definition) is 0. The molecule has 0 aliphatic heterocycles. The maximum Gasteiger partial charge on any atom is 0.306 e. The molecule has 1 atom stereocenters. The van der Waals surface area contributed by atoms with Gasteiger partial charge in [-0.3, -0.25) is 14.4 Å². The van der Waals surface area contributed by atoms with Gasteiger partial charge in [0.2, 0.25) is 0 Å². The third-order valence-electron chi connectivity index (χ3n) is 10.7. The molecule has 0 aromatic heterocycles. The SMILES string of the molecule is CC/C=C\C/C=C\C/C=C\C/C=C\C/C=C\C/C=C\CCC(=O)OCC(COC(=O)CCCCCCCCCCCCCC)OC(=O)CCCCCCCCCCCCCC. The molecule has 6 heteroatoms. The highest BCUT2D eigenvalue weighted by Gasteiger charge is 2.19. The second kappa shape index (κ2) is 49.5. The number of carbonyl (C=O) groups excluding carboxylic acids is 3. The number of unbranched alkanes of at least 4 members (excludes halogenated alkanes) is 22. The smallest absolute Gasteiger partial charge is 0.306 e. The number of ether oxygens (including phenoxy) is 3. The molecule has 0 spiro atoms. The van der Waals surface area contributed by atoms with Crippen LogP contribution < -0.4 is 0 Å². The minimum Gasteiger partial charge on any atom is -0.462 e. The molecule has 0 aromatic carbocycles. The number of allylic oxidation sites excluding steroid dienone is 12. The molecule has 0 bridgehead atoms. The van der Waals surface area contributed by atoms with Crippen LogP contribution in [0.2, 0.25) is 0 Å². The lowest BCUT2D eigenvalue weighted by Crippen LogP contribution is -2.30. The van der Waals surface area contributed by atoms with Crippen molar-refractivity contribution in [2.75, 3.05) is 13.2 Å². The summed E-state index contributed by atoms with van der Waals surface area (Å²) in [5.41, 5.74) is 0. The molecule has 0 N–H and O–H groups in total. The average molecular weight is 851 g/mol. The van der Waals surface area contributed by atoms with Crippen LogP contribution in [0.25, 0.3) is 0 Å². The third kappa shape index (κ3) is 47.7. The van der Waals surface area contributed by atoms with E-state index in [4.69, 9.17) is 14.2 Å². The maximum absolute atomic E-state index is 12.8. The van der Waals surface area contributed by atoms with Gasteiger partial charge in [-0.15, -0.1) is 0 Å². The monoisotopic (exact) mass is 851 g/mol. The summed E-state index contributed by atoms with van der Waals surface area (Å²) in [4.78, 5) is 37.9. The summed E-state index contributed by atoms with van der Waals surface area (Å²) in [5, 5.41) is 0. The second-order valence-electron chi connectivity index (χ2n) is 16.7. The Morgan fingerprint density at radius 3 is 1.00 bits per heavy atom. The van der Waals surface area contributed by atoms with Crippen LogP contribution in [-0.2, 0) is 28.6 Å². The minimum atomic E-state index is -0.800. The average Bonchev–Trinajstić information content (AvgIpc) is 3.26. The first-order valence-electron chi connectivity index (χ1n) is 25.4. The van der Waals surface area contributed by atoms with Crippen LogP contribution in [0.15, 0.2) is 72.9 Å². The van der Waals surface area contributed by atoms with Crippen molar-refractivity contribution in [3.8, 4) is 0 Å². The fraction of sp³-hybridized carbons (Fsp3) is 0.727. The summed E-state index contributed by atoms with van der Waals surface area (Å²) in [6.45, 7) is 6.45. The van der Waals surface area contributed by atoms with Gasteiger partial charge in [0.05, 0.1) is 0 Å². The van der Waals surface area contributed by atoms with E-state index < -0.39 is 6.10 Å². The summed E-state index contributed by atoms with van der Waals surface area (Å²) < 4.78 is 16.7. The Kier molecular flexibility index (Phi) is 46.9. The van der Waals surface area contributed by atoms with Gasteiger partial charge in [0.1, 0.15) is 13.2 Å². The van der Waals surface area contributed by atoms with E-state index in [0.29, 0.717) is 19.3 Å². The highest BCUT2D eigenvalue weighted by molar-refractivity contribution is 5.71. The van der Waals surface area contributed by atoms with E-state index in [1.54, 1.807) is 0 Å². The number of hydrogen-bond acceptors (Lipinski definition) is 6. The van der Waals surface area contributed by atoms with E-state index in [0.717, 1.165) is 77.0 Å². The quantitative estimate of drug-likeness (QED) is 0.0263. The molecule has 0 amide bonds. The minimum absolute atomic E-state index is 0.0955. The fourth-order valence-electron chi connectivity index (χ4n) is 6.94. The van der Waals surface area contributed by atoms with Gasteiger partial charge in [-0.25, -0.2) is 0 Å². The van der Waals surface area contributed by atoms with Crippen molar-refractivity contribution in [2.45, 2.75) is 245 Å². The van der Waals surface area contributed by atoms with Crippen molar-refractivity contribution in [1.82, 2.24) is 0 Å². The largest absolute Gasteiger partial charge is 0.462 e. The van der Waals surface area contributed by atoms with Gasteiger partial charge in [-0.05, 0) is 57.8 Å². The van der Waals surface area contributed by atoms with Crippen molar-refractivity contribution < 1.29 is 28.6 Å². The van der Waals surface area contributed by atoms with E-state index in [-0.39, 0.29) is 37.5 Å². The Hall–Kier alpha value is -3.15. The Morgan fingerprint density at radius 1 is 0.344 bits per heavy atom. The zero-order valence-corrected chi connectivity index (χ0v) is 39.9. The summed E-state index contributed by atoms with van der Waals surface area (Å²) in [6.07, 6.45) is 61.8. The summed E-state index contributed by atoms with van der Waals surface area (Å²) >= 11 is 0. The lowest BCUT2D eigenvalue weighted by Gasteiger charge is -2.18. The summed E-state index contributed by atoms with van der Waals surface area (Å²) in [5.74, 6) is -0.981. The van der Waals surface area contributed by atoms with Gasteiger partial charge in [0.25, 0.3) is 0 Å². The van der Waals surface area contributed by atoms with E-state index >= 15 is 0 Å². The van der Waals surface area contributed by atoms with E-state index in [2.05, 4.69) is 87.6 Å². The third-order valence-corrected chi connectivity index (χ3v) is 10.7. The molecule has 0 fully saturated rings. The normalized spacial score (nSPS) is 12.6. The topological polar surface area (TPSA) is 78.9 Å². The predicted octanol–water partition coefficient (Wildman–Crippen LogP) is 16.6. The standard InChI is InChI=1S/C55H94O6/c1-4-7-10-13-16-19-22-25-26-27-28-29-30-31-34-36-39-42-45-48-54(57)60-51-52(61-55(58)49-46-43-40-37-33-24-21-18-15-12-9-6-3)50-59-53(56)47-44-41-38-35-32-23-20-17-14-11-8-5-2/h7,10,16,19,25-26,28-29,31,34,39,42,52H,4-6,8-9,11-15,17-18,20-24,27,30,32-33,35-38,40-41,43-51H2,1-3H3/b10-7-,19-16-,26-25-,29-28-,34-31-,42-39-. The molecule has 0 radical (unpaired) electrons. The van der Waals surface area contributed by atoms with Crippen LogP contribution >= 0.6 is 0 Å². The molecule has 0 saturated heterocycles. The molecule has 0 aliphatic rings. The number of rotatable bonds is 45. The van der Waals surface area contributed by atoms with Gasteiger partial charge in [-0.1, -0.05) is 235 Å². The molecule has 0 heterocycles. The van der Waals surface area contributed by atoms with Crippen molar-refractivity contribution in [3.05, 3.63) is 72.9 Å². The van der Waals surface area contributed by atoms with Crippen LogP contribution in [0.1, 0.15) is 239 Å². The fourth-order valence-corrected chi connectivity index (χ4v) is 6.94. The highest BCUT2D eigenvalue weighted by atomic mass is 16.6. The highest BCUT2D eigenvalue weighted by Crippen LogP contribution is 2.15. The zero-order valence-electron chi connectivity index (χ0n) is 39.9. The van der Waals surface area contributed by atoms with Gasteiger partial charge < -0.3 is 14.2 Å². The summed E-state index contributed by atoms with van der Waals surface area (Å²) in [7, 11) is 0. The maximum atomic E-state index is 12.8. The Balaban J connectivity index is 4.46. The van der Waals surface area contributed by atoms with Crippen LogP contribution in [0.3, 0.4) is 0 Å². The van der Waals surface area contributed by atoms with Gasteiger partial charge in [0, 0.05) is 19.3 Å².